The minimum atomic E-state index is -0.390. The van der Waals surface area contributed by atoms with Crippen LogP contribution in [0.3, 0.4) is 0 Å². The Balaban J connectivity index is 2.09. The third-order valence-electron chi connectivity index (χ3n) is 2.60. The van der Waals surface area contributed by atoms with E-state index in [4.69, 9.17) is 11.6 Å². The fourth-order valence-electron chi connectivity index (χ4n) is 1.51. The number of nitrogens with one attached hydrogen (secondary N) is 1. The van der Waals surface area contributed by atoms with Gasteiger partial charge in [0.1, 0.15) is 5.75 Å². The first kappa shape index (κ1) is 15.5. The molecule has 2 rings (SSSR count). The number of hydrogen-bond donors (Lipinski definition) is 2. The number of aromatic hydroxyl groups is 1. The molecule has 1 amide bonds. The van der Waals surface area contributed by atoms with Crippen LogP contribution in [0.15, 0.2) is 40.0 Å². The summed E-state index contributed by atoms with van der Waals surface area (Å²) >= 11 is 9.05. The lowest BCUT2D eigenvalue weighted by molar-refractivity contribution is 0.0954. The first-order valence-electron chi connectivity index (χ1n) is 5.91. The van der Waals surface area contributed by atoms with Crippen LogP contribution in [0, 0.1) is 6.92 Å². The number of hydrazone groups is 1. The van der Waals surface area contributed by atoms with Crippen molar-refractivity contribution in [3.05, 3.63) is 56.8 Å². The molecule has 0 aliphatic heterocycles. The van der Waals surface area contributed by atoms with Gasteiger partial charge in [-0.15, -0.1) is 0 Å². The summed E-state index contributed by atoms with van der Waals surface area (Å²) < 4.78 is 0.450. The number of halogens is 2. The van der Waals surface area contributed by atoms with Gasteiger partial charge < -0.3 is 5.11 Å². The van der Waals surface area contributed by atoms with Crippen molar-refractivity contribution in [3.8, 4) is 5.75 Å². The predicted octanol–water partition coefficient (Wildman–Crippen LogP) is 3.28. The maximum absolute atomic E-state index is 11.8. The molecule has 2 aromatic rings. The van der Waals surface area contributed by atoms with Crippen LogP contribution in [-0.2, 0) is 0 Å². The van der Waals surface area contributed by atoms with Crippen LogP contribution in [0.2, 0.25) is 5.02 Å². The summed E-state index contributed by atoms with van der Waals surface area (Å²) in [6.45, 7) is 1.83. The highest BCUT2D eigenvalue weighted by Crippen LogP contribution is 2.30. The number of hydrogen-bond acceptors (Lipinski definition) is 4. The van der Waals surface area contributed by atoms with Crippen LogP contribution in [0.4, 0.5) is 0 Å². The van der Waals surface area contributed by atoms with Gasteiger partial charge in [0.25, 0.3) is 5.91 Å². The molecule has 2 N–H and O–H groups in total. The predicted molar refractivity (Wildman–Crippen MR) is 84.9 cm³/mol. The van der Waals surface area contributed by atoms with Gasteiger partial charge in [0.15, 0.2) is 0 Å². The molecular weight excluding hydrogens is 358 g/mol. The largest absolute Gasteiger partial charge is 0.506 e. The van der Waals surface area contributed by atoms with E-state index in [1.165, 1.54) is 18.5 Å². The van der Waals surface area contributed by atoms with E-state index in [1.807, 2.05) is 6.92 Å². The second kappa shape index (κ2) is 6.69. The minimum absolute atomic E-state index is 0.00518. The Kier molecular flexibility index (Phi) is 4.93. The Labute approximate surface area is 134 Å². The maximum Gasteiger partial charge on any atom is 0.272 e. The van der Waals surface area contributed by atoms with Crippen molar-refractivity contribution < 1.29 is 9.90 Å². The summed E-state index contributed by atoms with van der Waals surface area (Å²) in [5, 5.41) is 14.0. The molecule has 0 fully saturated rings. The molecule has 0 aliphatic rings. The van der Waals surface area contributed by atoms with Gasteiger partial charge in [0, 0.05) is 22.5 Å². The summed E-state index contributed by atoms with van der Waals surface area (Å²) in [6, 6.07) is 6.48. The number of rotatable bonds is 3. The molecule has 0 bridgehead atoms. The number of benzene rings is 1. The first-order chi connectivity index (χ1) is 9.97. The van der Waals surface area contributed by atoms with Crippen LogP contribution in [0.5, 0.6) is 5.75 Å². The molecule has 1 aromatic heterocycles. The van der Waals surface area contributed by atoms with E-state index < -0.39 is 0 Å². The molecule has 5 nitrogen and oxygen atoms in total. The number of phenols is 1. The normalized spacial score (nSPS) is 10.8. The van der Waals surface area contributed by atoms with E-state index in [-0.39, 0.29) is 11.7 Å². The highest BCUT2D eigenvalue weighted by molar-refractivity contribution is 9.10. The molecule has 1 aromatic carbocycles. The Hall–Kier alpha value is -1.92. The molecule has 1 heterocycles. The molecule has 0 spiro atoms. The van der Waals surface area contributed by atoms with E-state index in [0.717, 1.165) is 5.69 Å². The topological polar surface area (TPSA) is 74.6 Å². The highest BCUT2D eigenvalue weighted by atomic mass is 79.9. The standard InChI is InChI=1S/C14H11BrClN3O2/c1-8-2-3-9(6-17-8)14(21)19-18-7-10-4-11(16)5-12(15)13(10)20/h2-7,20H,1H3,(H,19,21). The highest BCUT2D eigenvalue weighted by Gasteiger charge is 2.07. The van der Waals surface area contributed by atoms with E-state index >= 15 is 0 Å². The number of carbonyl (C=O) groups is 1. The van der Waals surface area contributed by atoms with Gasteiger partial charge in [0.2, 0.25) is 0 Å². The van der Waals surface area contributed by atoms with Gasteiger partial charge >= 0.3 is 0 Å². The Bertz CT molecular complexity index is 702. The lowest BCUT2D eigenvalue weighted by Gasteiger charge is -2.03. The van der Waals surface area contributed by atoms with E-state index in [0.29, 0.717) is 20.6 Å². The van der Waals surface area contributed by atoms with Crippen molar-refractivity contribution in [2.75, 3.05) is 0 Å². The van der Waals surface area contributed by atoms with Gasteiger partial charge in [-0.2, -0.15) is 5.10 Å². The van der Waals surface area contributed by atoms with Crippen molar-refractivity contribution in [3.63, 3.8) is 0 Å². The van der Waals surface area contributed by atoms with Gasteiger partial charge in [-0.3, -0.25) is 9.78 Å². The molecule has 0 radical (unpaired) electrons. The van der Waals surface area contributed by atoms with Gasteiger partial charge in [-0.05, 0) is 47.1 Å². The molecule has 7 heteroatoms. The van der Waals surface area contributed by atoms with E-state index in [9.17, 15) is 9.90 Å². The smallest absolute Gasteiger partial charge is 0.272 e. The maximum atomic E-state index is 11.8. The fourth-order valence-corrected chi connectivity index (χ4v) is 2.35. The third kappa shape index (κ3) is 4.03. The number of carbonyl (C=O) groups excluding carboxylic acids is 1. The zero-order chi connectivity index (χ0) is 15.4. The van der Waals surface area contributed by atoms with Crippen molar-refractivity contribution in [2.24, 2.45) is 5.10 Å². The molecule has 21 heavy (non-hydrogen) atoms. The van der Waals surface area contributed by atoms with E-state index in [2.05, 4.69) is 31.4 Å². The first-order valence-corrected chi connectivity index (χ1v) is 7.08. The number of aryl methyl sites for hydroxylation is 1. The summed E-state index contributed by atoms with van der Waals surface area (Å²) in [6.07, 6.45) is 2.78. The summed E-state index contributed by atoms with van der Waals surface area (Å²) in [5.74, 6) is -0.395. The Morgan fingerprint density at radius 2 is 2.24 bits per heavy atom. The van der Waals surface area contributed by atoms with Crippen molar-refractivity contribution in [2.45, 2.75) is 6.92 Å². The summed E-state index contributed by atoms with van der Waals surface area (Å²) in [5.41, 5.74) is 3.96. The second-order valence-electron chi connectivity index (χ2n) is 4.21. The van der Waals surface area contributed by atoms with E-state index in [1.54, 1.807) is 18.2 Å². The number of phenolic OH excluding ortho intramolecular Hbond substituents is 1. The van der Waals surface area contributed by atoms with Crippen LogP contribution < -0.4 is 5.43 Å². The summed E-state index contributed by atoms with van der Waals surface area (Å²) in [4.78, 5) is 15.8. The Morgan fingerprint density at radius 3 is 2.90 bits per heavy atom. The van der Waals surface area contributed by atoms with Crippen molar-refractivity contribution in [1.29, 1.82) is 0 Å². The number of pyridine rings is 1. The average Bonchev–Trinajstić information content (AvgIpc) is 2.44. The summed E-state index contributed by atoms with van der Waals surface area (Å²) in [7, 11) is 0. The number of aromatic nitrogens is 1. The zero-order valence-corrected chi connectivity index (χ0v) is 13.3. The monoisotopic (exact) mass is 367 g/mol. The molecule has 0 saturated heterocycles. The van der Waals surface area contributed by atoms with Crippen LogP contribution >= 0.6 is 27.5 Å². The Morgan fingerprint density at radius 1 is 1.48 bits per heavy atom. The minimum Gasteiger partial charge on any atom is -0.506 e. The average molecular weight is 369 g/mol. The van der Waals surface area contributed by atoms with Crippen LogP contribution in [-0.4, -0.2) is 22.2 Å². The third-order valence-corrected chi connectivity index (χ3v) is 3.42. The lowest BCUT2D eigenvalue weighted by Crippen LogP contribution is -2.17. The van der Waals surface area contributed by atoms with Gasteiger partial charge in [0.05, 0.1) is 16.3 Å². The number of nitrogens with zero attached hydrogens (tertiary/aromatic N) is 2. The number of amides is 1. The molecule has 0 saturated carbocycles. The molecule has 0 aliphatic carbocycles. The van der Waals surface area contributed by atoms with Crippen LogP contribution in [0.1, 0.15) is 21.6 Å². The molecular formula is C14H11BrClN3O2. The molecule has 108 valence electrons. The second-order valence-corrected chi connectivity index (χ2v) is 5.50. The SMILES string of the molecule is Cc1ccc(C(=O)NN=Cc2cc(Cl)cc(Br)c2O)cn1. The van der Waals surface area contributed by atoms with Crippen molar-refractivity contribution in [1.82, 2.24) is 10.4 Å². The van der Waals surface area contributed by atoms with Gasteiger partial charge in [-0.25, -0.2) is 5.43 Å². The van der Waals surface area contributed by atoms with Gasteiger partial charge in [-0.1, -0.05) is 11.6 Å². The van der Waals surface area contributed by atoms with Crippen molar-refractivity contribution >= 4 is 39.7 Å². The quantitative estimate of drug-likeness (QED) is 0.645. The lowest BCUT2D eigenvalue weighted by atomic mass is 10.2. The van der Waals surface area contributed by atoms with Crippen LogP contribution in [0.25, 0.3) is 0 Å². The fraction of sp³-hybridized carbons (Fsp3) is 0.0714. The zero-order valence-electron chi connectivity index (χ0n) is 11.0. The molecule has 0 atom stereocenters. The molecule has 0 unspecified atom stereocenters.